The summed E-state index contributed by atoms with van der Waals surface area (Å²) in [6.07, 6.45) is 3.64. The number of thioether (sulfide) groups is 1. The molecule has 1 fully saturated rings. The first-order chi connectivity index (χ1) is 10.6. The Morgan fingerprint density at radius 2 is 2.09 bits per heavy atom. The van der Waals surface area contributed by atoms with Gasteiger partial charge in [0.1, 0.15) is 6.10 Å². The number of hydrogen-bond acceptors (Lipinski definition) is 4. The summed E-state index contributed by atoms with van der Waals surface area (Å²) in [7, 11) is 3.72. The zero-order valence-electron chi connectivity index (χ0n) is 13.9. The van der Waals surface area contributed by atoms with Crippen molar-refractivity contribution in [2.45, 2.75) is 36.8 Å². The number of nitrogens with zero attached hydrogens (tertiary/aromatic N) is 2. The second kappa shape index (κ2) is 7.99. The Kier molecular flexibility index (Phi) is 6.29. The van der Waals surface area contributed by atoms with Crippen molar-refractivity contribution in [2.24, 2.45) is 0 Å². The fourth-order valence-electron chi connectivity index (χ4n) is 2.83. The van der Waals surface area contributed by atoms with Crippen molar-refractivity contribution < 1.29 is 9.53 Å². The summed E-state index contributed by atoms with van der Waals surface area (Å²) in [6.45, 7) is 3.87. The van der Waals surface area contributed by atoms with Gasteiger partial charge in [-0.2, -0.15) is 0 Å². The number of anilines is 1. The minimum Gasteiger partial charge on any atom is -0.372 e. The molecule has 1 atom stereocenters. The van der Waals surface area contributed by atoms with Gasteiger partial charge in [0.15, 0.2) is 0 Å². The third-order valence-electron chi connectivity index (χ3n) is 4.32. The number of piperidine rings is 1. The van der Waals surface area contributed by atoms with Gasteiger partial charge in [-0.3, -0.25) is 4.79 Å². The van der Waals surface area contributed by atoms with Crippen molar-refractivity contribution in [2.75, 3.05) is 38.4 Å². The highest BCUT2D eigenvalue weighted by atomic mass is 32.2. The van der Waals surface area contributed by atoms with Crippen LogP contribution in [0.25, 0.3) is 0 Å². The van der Waals surface area contributed by atoms with Gasteiger partial charge in [-0.05, 0) is 64.4 Å². The summed E-state index contributed by atoms with van der Waals surface area (Å²) >= 11 is 1.70. The molecule has 0 radical (unpaired) electrons. The van der Waals surface area contributed by atoms with E-state index in [-0.39, 0.29) is 11.9 Å². The smallest absolute Gasteiger partial charge is 0.256 e. The Labute approximate surface area is 137 Å². The lowest BCUT2D eigenvalue weighted by atomic mass is 10.0. The average Bonchev–Trinajstić information content (AvgIpc) is 2.56. The second-order valence-corrected chi connectivity index (χ2v) is 6.70. The van der Waals surface area contributed by atoms with Crippen molar-refractivity contribution in [1.29, 1.82) is 0 Å². The van der Waals surface area contributed by atoms with Gasteiger partial charge in [-0.25, -0.2) is 0 Å². The fraction of sp³-hybridized carbons (Fsp3) is 0.588. The number of hydrogen-bond donors (Lipinski definition) is 0. The Morgan fingerprint density at radius 3 is 2.68 bits per heavy atom. The first-order valence-corrected chi connectivity index (χ1v) is 8.97. The summed E-state index contributed by atoms with van der Waals surface area (Å²) in [6, 6.07) is 8.47. The number of rotatable bonds is 5. The van der Waals surface area contributed by atoms with Crippen molar-refractivity contribution in [3.63, 3.8) is 0 Å². The van der Waals surface area contributed by atoms with Crippen LogP contribution in [0.1, 0.15) is 19.8 Å². The predicted molar refractivity (Wildman–Crippen MR) is 92.7 cm³/mol. The van der Waals surface area contributed by atoms with E-state index in [1.54, 1.807) is 18.9 Å². The quantitative estimate of drug-likeness (QED) is 0.781. The minimum absolute atomic E-state index is 0.0512. The van der Waals surface area contributed by atoms with Crippen molar-refractivity contribution in [3.05, 3.63) is 24.3 Å². The molecule has 4 nitrogen and oxygen atoms in total. The van der Waals surface area contributed by atoms with E-state index >= 15 is 0 Å². The molecular weight excluding hydrogens is 296 g/mol. The lowest BCUT2D eigenvalue weighted by Gasteiger charge is -2.38. The highest BCUT2D eigenvalue weighted by molar-refractivity contribution is 7.98. The van der Waals surface area contributed by atoms with Gasteiger partial charge >= 0.3 is 0 Å². The highest BCUT2D eigenvalue weighted by Crippen LogP contribution is 2.28. The molecule has 5 heteroatoms. The first-order valence-electron chi connectivity index (χ1n) is 7.75. The van der Waals surface area contributed by atoms with Crippen LogP contribution in [0.3, 0.4) is 0 Å². The standard InChI is InChI=1S/C17H26N2O2S/c1-13(21-3)17(20)19(14-8-10-18(2)11-9-14)15-6-5-7-16(12-15)22-4/h5-7,12-14H,8-11H2,1-4H3/t13-/m1/s1. The van der Waals surface area contributed by atoms with Crippen LogP contribution in [0.2, 0.25) is 0 Å². The van der Waals surface area contributed by atoms with Crippen molar-refractivity contribution in [1.82, 2.24) is 4.90 Å². The van der Waals surface area contributed by atoms with Crippen LogP contribution in [0, 0.1) is 0 Å². The van der Waals surface area contributed by atoms with Gasteiger partial charge in [-0.15, -0.1) is 11.8 Å². The van der Waals surface area contributed by atoms with Crippen LogP contribution in [-0.4, -0.2) is 56.5 Å². The number of carbonyl (C=O) groups excluding carboxylic acids is 1. The summed E-state index contributed by atoms with van der Waals surface area (Å²) in [4.78, 5) is 18.3. The molecule has 0 N–H and O–H groups in total. The second-order valence-electron chi connectivity index (χ2n) is 5.82. The monoisotopic (exact) mass is 322 g/mol. The molecule has 1 heterocycles. The largest absolute Gasteiger partial charge is 0.372 e. The molecular formula is C17H26N2O2S. The van der Waals surface area contributed by atoms with Crippen molar-refractivity contribution in [3.8, 4) is 0 Å². The van der Waals surface area contributed by atoms with Crippen LogP contribution in [0.5, 0.6) is 0 Å². The summed E-state index contributed by atoms with van der Waals surface area (Å²) in [5, 5.41) is 0. The molecule has 2 rings (SSSR count). The summed E-state index contributed by atoms with van der Waals surface area (Å²) < 4.78 is 5.28. The van der Waals surface area contributed by atoms with Crippen LogP contribution in [0.15, 0.2) is 29.2 Å². The zero-order chi connectivity index (χ0) is 16.1. The number of carbonyl (C=O) groups is 1. The lowest BCUT2D eigenvalue weighted by molar-refractivity contribution is -0.128. The molecule has 1 aromatic rings. The minimum atomic E-state index is -0.419. The predicted octanol–water partition coefficient (Wildman–Crippen LogP) is 2.87. The van der Waals surface area contributed by atoms with E-state index in [1.807, 2.05) is 24.0 Å². The molecule has 1 aliphatic heterocycles. The van der Waals surface area contributed by atoms with E-state index in [1.165, 1.54) is 4.90 Å². The maximum Gasteiger partial charge on any atom is 0.256 e. The van der Waals surface area contributed by atoms with Gasteiger partial charge in [0, 0.05) is 23.7 Å². The Morgan fingerprint density at radius 1 is 1.41 bits per heavy atom. The van der Waals surface area contributed by atoms with Gasteiger partial charge in [-0.1, -0.05) is 6.07 Å². The molecule has 1 saturated heterocycles. The fourth-order valence-corrected chi connectivity index (χ4v) is 3.28. The van der Waals surface area contributed by atoms with Gasteiger partial charge < -0.3 is 14.5 Å². The van der Waals surface area contributed by atoms with E-state index < -0.39 is 6.10 Å². The van der Waals surface area contributed by atoms with Crippen LogP contribution in [0.4, 0.5) is 5.69 Å². The van der Waals surface area contributed by atoms with E-state index in [0.717, 1.165) is 31.6 Å². The third-order valence-corrected chi connectivity index (χ3v) is 5.05. The molecule has 0 aromatic heterocycles. The molecule has 0 aliphatic carbocycles. The highest BCUT2D eigenvalue weighted by Gasteiger charge is 2.31. The van der Waals surface area contributed by atoms with Crippen LogP contribution in [-0.2, 0) is 9.53 Å². The number of ether oxygens (including phenoxy) is 1. The molecule has 0 spiro atoms. The van der Waals surface area contributed by atoms with Crippen molar-refractivity contribution >= 4 is 23.4 Å². The SMILES string of the molecule is CO[C@H](C)C(=O)N(c1cccc(SC)c1)C1CCN(C)CC1. The normalized spacial score (nSPS) is 18.2. The summed E-state index contributed by atoms with van der Waals surface area (Å²) in [5.41, 5.74) is 0.982. The number of benzene rings is 1. The van der Waals surface area contributed by atoms with Gasteiger partial charge in [0.05, 0.1) is 0 Å². The maximum atomic E-state index is 12.8. The first kappa shape index (κ1) is 17.3. The van der Waals surface area contributed by atoms with Gasteiger partial charge in [0.2, 0.25) is 0 Å². The van der Waals surface area contributed by atoms with E-state index in [4.69, 9.17) is 4.74 Å². The molecule has 1 aromatic carbocycles. The van der Waals surface area contributed by atoms with E-state index in [0.29, 0.717) is 0 Å². The Balaban J connectivity index is 2.30. The molecule has 22 heavy (non-hydrogen) atoms. The Bertz CT molecular complexity index is 501. The lowest BCUT2D eigenvalue weighted by Crippen LogP contribution is -2.50. The topological polar surface area (TPSA) is 32.8 Å². The number of methoxy groups -OCH3 is 1. The maximum absolute atomic E-state index is 12.8. The molecule has 0 bridgehead atoms. The summed E-state index contributed by atoms with van der Waals surface area (Å²) in [5.74, 6) is 0.0512. The molecule has 0 saturated carbocycles. The molecule has 122 valence electrons. The van der Waals surface area contributed by atoms with Crippen LogP contribution >= 0.6 is 11.8 Å². The third kappa shape index (κ3) is 4.03. The van der Waals surface area contributed by atoms with E-state index in [2.05, 4.69) is 30.3 Å². The average molecular weight is 322 g/mol. The molecule has 0 unspecified atom stereocenters. The van der Waals surface area contributed by atoms with Gasteiger partial charge in [0.25, 0.3) is 5.91 Å². The van der Waals surface area contributed by atoms with E-state index in [9.17, 15) is 4.79 Å². The molecule has 1 aliphatic rings. The zero-order valence-corrected chi connectivity index (χ0v) is 14.7. The number of amides is 1. The molecule has 1 amide bonds. The van der Waals surface area contributed by atoms with Crippen LogP contribution < -0.4 is 4.90 Å². The number of likely N-dealkylation sites (tertiary alicyclic amines) is 1. The Hall–Kier alpha value is -1.04.